The summed E-state index contributed by atoms with van der Waals surface area (Å²) < 4.78 is 2.04. The number of hydrogen-bond donors (Lipinski definition) is 2. The molecule has 2 heterocycles. The number of aryl methyl sites for hydroxylation is 1. The lowest BCUT2D eigenvalue weighted by atomic mass is 10.2. The first kappa shape index (κ1) is 15.8. The predicted molar refractivity (Wildman–Crippen MR) is 84.2 cm³/mol. The number of nitrogens with zero attached hydrogens (tertiary/aromatic N) is 5. The Morgan fingerprint density at radius 2 is 2.38 bits per heavy atom. The minimum atomic E-state index is 0.532. The zero-order valence-corrected chi connectivity index (χ0v) is 13.1. The fourth-order valence-electron chi connectivity index (χ4n) is 2.82. The maximum Gasteiger partial charge on any atom is 0.188 e. The van der Waals surface area contributed by atoms with Crippen LogP contribution in [0.1, 0.15) is 32.5 Å². The monoisotopic (exact) mass is 293 g/mol. The maximum absolute atomic E-state index is 5.93. The third-order valence-corrected chi connectivity index (χ3v) is 4.05. The minimum absolute atomic E-state index is 0.532. The third kappa shape index (κ3) is 4.42. The molecule has 3 N–H and O–H groups in total. The van der Waals surface area contributed by atoms with Gasteiger partial charge in [0.2, 0.25) is 0 Å². The second-order valence-electron chi connectivity index (χ2n) is 5.37. The van der Waals surface area contributed by atoms with Crippen LogP contribution < -0.4 is 11.1 Å². The van der Waals surface area contributed by atoms with Crippen molar-refractivity contribution < 1.29 is 0 Å². The number of hydrogen-bond acceptors (Lipinski definition) is 4. The highest BCUT2D eigenvalue weighted by Crippen LogP contribution is 2.16. The van der Waals surface area contributed by atoms with Crippen LogP contribution in [-0.4, -0.2) is 57.8 Å². The van der Waals surface area contributed by atoms with E-state index < -0.39 is 0 Å². The van der Waals surface area contributed by atoms with E-state index in [-0.39, 0.29) is 0 Å². The summed E-state index contributed by atoms with van der Waals surface area (Å²) in [6.07, 6.45) is 5.14. The summed E-state index contributed by atoms with van der Waals surface area (Å²) in [5.74, 6) is 1.53. The van der Waals surface area contributed by atoms with Crippen LogP contribution in [0.5, 0.6) is 0 Å². The number of nitrogens with two attached hydrogens (primary N) is 1. The molecule has 0 bridgehead atoms. The van der Waals surface area contributed by atoms with E-state index in [1.807, 2.05) is 4.57 Å². The molecule has 0 amide bonds. The lowest BCUT2D eigenvalue weighted by molar-refractivity contribution is 0.273. The molecule has 0 aromatic carbocycles. The van der Waals surface area contributed by atoms with Gasteiger partial charge >= 0.3 is 0 Å². The molecular formula is C14H27N7. The van der Waals surface area contributed by atoms with E-state index in [0.717, 1.165) is 38.4 Å². The van der Waals surface area contributed by atoms with E-state index in [1.165, 1.54) is 19.4 Å². The maximum atomic E-state index is 5.93. The summed E-state index contributed by atoms with van der Waals surface area (Å²) in [4.78, 5) is 6.94. The lowest BCUT2D eigenvalue weighted by Gasteiger charge is -2.21. The smallest absolute Gasteiger partial charge is 0.188 e. The molecule has 21 heavy (non-hydrogen) atoms. The van der Waals surface area contributed by atoms with Crippen molar-refractivity contribution >= 4 is 5.96 Å². The molecule has 1 saturated heterocycles. The quantitative estimate of drug-likeness (QED) is 0.555. The molecule has 118 valence electrons. The minimum Gasteiger partial charge on any atom is -0.370 e. The Bertz CT molecular complexity index is 454. The number of likely N-dealkylation sites (tertiary alicyclic amines) is 1. The van der Waals surface area contributed by atoms with Crippen molar-refractivity contribution in [2.45, 2.75) is 45.7 Å². The van der Waals surface area contributed by atoms with Gasteiger partial charge in [0.05, 0.1) is 6.54 Å². The molecular weight excluding hydrogens is 266 g/mol. The van der Waals surface area contributed by atoms with Gasteiger partial charge in [-0.1, -0.05) is 13.8 Å². The van der Waals surface area contributed by atoms with Gasteiger partial charge in [0.15, 0.2) is 5.96 Å². The molecule has 0 spiro atoms. The van der Waals surface area contributed by atoms with Crippen LogP contribution in [0.4, 0.5) is 0 Å². The van der Waals surface area contributed by atoms with Crippen molar-refractivity contribution in [1.82, 2.24) is 25.0 Å². The molecule has 0 aliphatic carbocycles. The van der Waals surface area contributed by atoms with E-state index in [2.05, 4.69) is 39.3 Å². The standard InChI is InChI=1S/C14H27N7/c1-3-13-19-18-11-21(13)9-7-16-14(15)17-10-12-6-5-8-20(12)4-2/h11-12H,3-10H2,1-2H3,(H3,15,16,17). The molecule has 1 unspecified atom stereocenters. The predicted octanol–water partition coefficient (Wildman–Crippen LogP) is 0.229. The summed E-state index contributed by atoms with van der Waals surface area (Å²) >= 11 is 0. The van der Waals surface area contributed by atoms with Gasteiger partial charge in [-0.25, -0.2) is 0 Å². The molecule has 1 aromatic heterocycles. The summed E-state index contributed by atoms with van der Waals surface area (Å²) in [5, 5.41) is 11.1. The zero-order chi connectivity index (χ0) is 15.1. The van der Waals surface area contributed by atoms with E-state index in [4.69, 9.17) is 5.73 Å². The highest BCUT2D eigenvalue weighted by atomic mass is 15.3. The van der Waals surface area contributed by atoms with Gasteiger partial charge in [0.25, 0.3) is 0 Å². The normalized spacial score (nSPS) is 20.1. The Morgan fingerprint density at radius 1 is 1.52 bits per heavy atom. The number of likely N-dealkylation sites (N-methyl/N-ethyl adjacent to an activating group) is 1. The van der Waals surface area contributed by atoms with Crippen LogP contribution >= 0.6 is 0 Å². The van der Waals surface area contributed by atoms with Crippen LogP contribution in [-0.2, 0) is 13.0 Å². The molecule has 1 aliphatic heterocycles. The zero-order valence-electron chi connectivity index (χ0n) is 13.1. The summed E-state index contributed by atoms with van der Waals surface area (Å²) in [6, 6.07) is 0.555. The lowest BCUT2D eigenvalue weighted by Crippen LogP contribution is -2.37. The highest BCUT2D eigenvalue weighted by molar-refractivity contribution is 5.77. The molecule has 7 heteroatoms. The van der Waals surface area contributed by atoms with Gasteiger partial charge < -0.3 is 15.6 Å². The Labute approximate surface area is 126 Å². The van der Waals surface area contributed by atoms with E-state index in [1.54, 1.807) is 6.33 Å². The molecule has 1 fully saturated rings. The van der Waals surface area contributed by atoms with Crippen molar-refractivity contribution in [3.8, 4) is 0 Å². The highest BCUT2D eigenvalue weighted by Gasteiger charge is 2.22. The number of guanidine groups is 1. The van der Waals surface area contributed by atoms with Crippen LogP contribution in [0.3, 0.4) is 0 Å². The summed E-state index contributed by atoms with van der Waals surface area (Å²) in [7, 11) is 0. The van der Waals surface area contributed by atoms with Crippen molar-refractivity contribution in [2.24, 2.45) is 10.7 Å². The van der Waals surface area contributed by atoms with Crippen molar-refractivity contribution in [3.05, 3.63) is 12.2 Å². The first-order valence-corrected chi connectivity index (χ1v) is 7.89. The number of aromatic nitrogens is 3. The van der Waals surface area contributed by atoms with Crippen molar-refractivity contribution in [2.75, 3.05) is 26.2 Å². The van der Waals surface area contributed by atoms with Crippen molar-refractivity contribution in [1.29, 1.82) is 0 Å². The van der Waals surface area contributed by atoms with Crippen LogP contribution in [0.25, 0.3) is 0 Å². The Balaban J connectivity index is 1.71. The molecule has 2 rings (SSSR count). The Kier molecular flexibility index (Phi) is 5.98. The largest absolute Gasteiger partial charge is 0.370 e. The molecule has 0 radical (unpaired) electrons. The van der Waals surface area contributed by atoms with E-state index >= 15 is 0 Å². The first-order chi connectivity index (χ1) is 10.2. The van der Waals surface area contributed by atoms with Gasteiger partial charge in [0.1, 0.15) is 12.2 Å². The first-order valence-electron chi connectivity index (χ1n) is 7.89. The second-order valence-corrected chi connectivity index (χ2v) is 5.37. The molecule has 0 saturated carbocycles. The van der Waals surface area contributed by atoms with Crippen molar-refractivity contribution in [3.63, 3.8) is 0 Å². The van der Waals surface area contributed by atoms with Crippen LogP contribution in [0.15, 0.2) is 11.3 Å². The van der Waals surface area contributed by atoms with E-state index in [9.17, 15) is 0 Å². The van der Waals surface area contributed by atoms with Gasteiger partial charge in [-0.3, -0.25) is 9.89 Å². The molecule has 7 nitrogen and oxygen atoms in total. The van der Waals surface area contributed by atoms with Gasteiger partial charge in [0, 0.05) is 25.6 Å². The number of aliphatic imine (C=N–C) groups is 1. The Morgan fingerprint density at radius 3 is 3.14 bits per heavy atom. The number of rotatable bonds is 7. The van der Waals surface area contributed by atoms with Gasteiger partial charge in [-0.05, 0) is 25.9 Å². The van der Waals surface area contributed by atoms with Crippen LogP contribution in [0.2, 0.25) is 0 Å². The summed E-state index contributed by atoms with van der Waals surface area (Å²) in [5.41, 5.74) is 5.93. The van der Waals surface area contributed by atoms with Gasteiger partial charge in [-0.2, -0.15) is 0 Å². The van der Waals surface area contributed by atoms with Gasteiger partial charge in [-0.15, -0.1) is 10.2 Å². The Hall–Kier alpha value is -1.63. The molecule has 1 aliphatic rings. The van der Waals surface area contributed by atoms with E-state index in [0.29, 0.717) is 12.0 Å². The molecule has 1 aromatic rings. The SMILES string of the molecule is CCc1nncn1CCNC(N)=NCC1CCCN1CC. The van der Waals surface area contributed by atoms with Crippen LogP contribution in [0, 0.1) is 0 Å². The second kappa shape index (κ2) is 7.97. The average Bonchev–Trinajstić information content (AvgIpc) is 3.13. The fraction of sp³-hybridized carbons (Fsp3) is 0.786. The number of nitrogens with one attached hydrogen (secondary N) is 1. The average molecular weight is 293 g/mol. The third-order valence-electron chi connectivity index (χ3n) is 4.05. The fourth-order valence-corrected chi connectivity index (χ4v) is 2.82. The summed E-state index contributed by atoms with van der Waals surface area (Å²) in [6.45, 7) is 8.90. The topological polar surface area (TPSA) is 84.4 Å². The molecule has 1 atom stereocenters.